The first-order valence-corrected chi connectivity index (χ1v) is 4.37. The standard InChI is InChI=1S/C8H18O.CH3F/c1-3-5-7-9-8-6-4-2;1-2/h3-8H2,1-2H3;1H3. The van der Waals surface area contributed by atoms with E-state index >= 15 is 0 Å². The van der Waals surface area contributed by atoms with Crippen molar-refractivity contribution in [3.8, 4) is 0 Å². The third-order valence-corrected chi connectivity index (χ3v) is 1.28. The van der Waals surface area contributed by atoms with Crippen molar-refractivity contribution in [1.82, 2.24) is 0 Å². The zero-order chi connectivity index (χ0) is 8.95. The monoisotopic (exact) mass is 164 g/mol. The normalized spacial score (nSPS) is 8.73. The molecule has 0 aromatic rings. The minimum Gasteiger partial charge on any atom is -0.381 e. The quantitative estimate of drug-likeness (QED) is 0.548. The van der Waals surface area contributed by atoms with Crippen molar-refractivity contribution in [2.45, 2.75) is 39.5 Å². The first-order valence-electron chi connectivity index (χ1n) is 4.37. The largest absolute Gasteiger partial charge is 0.381 e. The van der Waals surface area contributed by atoms with Gasteiger partial charge in [-0.25, -0.2) is 0 Å². The zero-order valence-corrected chi connectivity index (χ0v) is 8.03. The van der Waals surface area contributed by atoms with Crippen LogP contribution >= 0.6 is 0 Å². The molecule has 70 valence electrons. The fraction of sp³-hybridized carbons (Fsp3) is 1.00. The Kier molecular flexibility index (Phi) is 20.2. The van der Waals surface area contributed by atoms with Gasteiger partial charge in [-0.1, -0.05) is 26.7 Å². The molecule has 0 atom stereocenters. The average molecular weight is 164 g/mol. The van der Waals surface area contributed by atoms with Gasteiger partial charge < -0.3 is 4.74 Å². The Hall–Kier alpha value is -0.110. The Morgan fingerprint density at radius 3 is 1.55 bits per heavy atom. The topological polar surface area (TPSA) is 9.23 Å². The number of hydrogen-bond donors (Lipinski definition) is 0. The summed E-state index contributed by atoms with van der Waals surface area (Å²) < 4.78 is 14.8. The molecule has 0 amide bonds. The van der Waals surface area contributed by atoms with Crippen molar-refractivity contribution in [1.29, 1.82) is 0 Å². The van der Waals surface area contributed by atoms with Gasteiger partial charge in [0.15, 0.2) is 0 Å². The van der Waals surface area contributed by atoms with Gasteiger partial charge in [0, 0.05) is 13.2 Å². The van der Waals surface area contributed by atoms with Crippen LogP contribution in [0.15, 0.2) is 0 Å². The van der Waals surface area contributed by atoms with E-state index in [0.717, 1.165) is 13.2 Å². The summed E-state index contributed by atoms with van der Waals surface area (Å²) in [7, 11) is 0.500. The highest BCUT2D eigenvalue weighted by molar-refractivity contribution is 4.33. The van der Waals surface area contributed by atoms with Crippen LogP contribution in [-0.4, -0.2) is 20.4 Å². The molecule has 0 radical (unpaired) electrons. The van der Waals surface area contributed by atoms with E-state index in [4.69, 9.17) is 4.74 Å². The van der Waals surface area contributed by atoms with E-state index in [2.05, 4.69) is 13.8 Å². The van der Waals surface area contributed by atoms with Crippen LogP contribution in [0.2, 0.25) is 0 Å². The lowest BCUT2D eigenvalue weighted by molar-refractivity contribution is 0.128. The molecule has 0 saturated carbocycles. The molecule has 0 aliphatic rings. The lowest BCUT2D eigenvalue weighted by atomic mass is 10.3. The number of rotatable bonds is 6. The highest BCUT2D eigenvalue weighted by atomic mass is 19.1. The summed E-state index contributed by atoms with van der Waals surface area (Å²) in [6, 6.07) is 0. The highest BCUT2D eigenvalue weighted by Gasteiger charge is 1.84. The molecule has 0 rings (SSSR count). The van der Waals surface area contributed by atoms with Gasteiger partial charge in [-0.15, -0.1) is 0 Å². The summed E-state index contributed by atoms with van der Waals surface area (Å²) in [6.07, 6.45) is 4.91. The Morgan fingerprint density at radius 2 is 1.27 bits per heavy atom. The van der Waals surface area contributed by atoms with E-state index in [1.54, 1.807) is 0 Å². The predicted molar refractivity (Wildman–Crippen MR) is 47.7 cm³/mol. The molecule has 0 spiro atoms. The van der Waals surface area contributed by atoms with Crippen LogP contribution in [0.1, 0.15) is 39.5 Å². The Balaban J connectivity index is 0. The van der Waals surface area contributed by atoms with Gasteiger partial charge in [0.2, 0.25) is 0 Å². The zero-order valence-electron chi connectivity index (χ0n) is 8.03. The molecular weight excluding hydrogens is 143 g/mol. The summed E-state index contributed by atoms with van der Waals surface area (Å²) in [6.45, 7) is 6.28. The maximum Gasteiger partial charge on any atom is 0.0785 e. The van der Waals surface area contributed by atoms with Crippen LogP contribution < -0.4 is 0 Å². The van der Waals surface area contributed by atoms with E-state index in [1.807, 2.05) is 0 Å². The predicted octanol–water partition coefficient (Wildman–Crippen LogP) is 3.19. The maximum absolute atomic E-state index is 9.50. The lowest BCUT2D eigenvalue weighted by Gasteiger charge is -1.99. The Morgan fingerprint density at radius 1 is 0.909 bits per heavy atom. The van der Waals surface area contributed by atoms with E-state index in [0.29, 0.717) is 7.18 Å². The molecule has 0 saturated heterocycles. The van der Waals surface area contributed by atoms with Crippen molar-refractivity contribution < 1.29 is 9.13 Å². The molecule has 0 unspecified atom stereocenters. The summed E-state index contributed by atoms with van der Waals surface area (Å²) in [4.78, 5) is 0. The first kappa shape index (κ1) is 13.5. The number of hydrogen-bond acceptors (Lipinski definition) is 1. The lowest BCUT2D eigenvalue weighted by Crippen LogP contribution is -1.95. The molecule has 0 aliphatic carbocycles. The van der Waals surface area contributed by atoms with Crippen molar-refractivity contribution in [3.05, 3.63) is 0 Å². The second-order valence-corrected chi connectivity index (χ2v) is 2.32. The number of unbranched alkanes of at least 4 members (excludes halogenated alkanes) is 2. The minimum atomic E-state index is 0.500. The number of halogens is 1. The highest BCUT2D eigenvalue weighted by Crippen LogP contribution is 1.91. The number of alkyl halides is 1. The van der Waals surface area contributed by atoms with Gasteiger partial charge >= 0.3 is 0 Å². The van der Waals surface area contributed by atoms with E-state index in [9.17, 15) is 4.39 Å². The van der Waals surface area contributed by atoms with Gasteiger partial charge in [0.25, 0.3) is 0 Å². The Labute approximate surface area is 69.9 Å². The maximum atomic E-state index is 9.50. The SMILES string of the molecule is CCCCOCCCC.CF. The fourth-order valence-corrected chi connectivity index (χ4v) is 0.595. The third kappa shape index (κ3) is 17.7. The van der Waals surface area contributed by atoms with Gasteiger partial charge in [0.05, 0.1) is 7.18 Å². The van der Waals surface area contributed by atoms with E-state index < -0.39 is 0 Å². The molecule has 0 aromatic heterocycles. The summed E-state index contributed by atoms with van der Waals surface area (Å²) >= 11 is 0. The van der Waals surface area contributed by atoms with Crippen LogP contribution in [0.4, 0.5) is 4.39 Å². The van der Waals surface area contributed by atoms with Crippen LogP contribution in [0.5, 0.6) is 0 Å². The van der Waals surface area contributed by atoms with Crippen LogP contribution in [0.25, 0.3) is 0 Å². The van der Waals surface area contributed by atoms with Crippen LogP contribution in [-0.2, 0) is 4.74 Å². The average Bonchev–Trinajstić information content (AvgIpc) is 2.08. The molecule has 0 N–H and O–H groups in total. The Bertz CT molecular complexity index is 42.8. The molecule has 0 fully saturated rings. The van der Waals surface area contributed by atoms with Gasteiger partial charge in [0.1, 0.15) is 0 Å². The van der Waals surface area contributed by atoms with E-state index in [-0.39, 0.29) is 0 Å². The molecule has 0 aliphatic heterocycles. The first-order chi connectivity index (χ1) is 5.41. The second-order valence-electron chi connectivity index (χ2n) is 2.32. The van der Waals surface area contributed by atoms with Crippen LogP contribution in [0.3, 0.4) is 0 Å². The number of ether oxygens (including phenoxy) is 1. The van der Waals surface area contributed by atoms with Gasteiger partial charge in [-0.3, -0.25) is 4.39 Å². The molecule has 2 heteroatoms. The second kappa shape index (κ2) is 16.5. The van der Waals surface area contributed by atoms with Gasteiger partial charge in [-0.2, -0.15) is 0 Å². The van der Waals surface area contributed by atoms with Crippen molar-refractivity contribution >= 4 is 0 Å². The minimum absolute atomic E-state index is 0.500. The molecular formula is C9H21FO. The molecule has 0 bridgehead atoms. The van der Waals surface area contributed by atoms with Crippen molar-refractivity contribution in [2.75, 3.05) is 20.4 Å². The third-order valence-electron chi connectivity index (χ3n) is 1.28. The molecule has 11 heavy (non-hydrogen) atoms. The van der Waals surface area contributed by atoms with E-state index in [1.165, 1.54) is 25.7 Å². The summed E-state index contributed by atoms with van der Waals surface area (Å²) in [5.41, 5.74) is 0. The van der Waals surface area contributed by atoms with Crippen molar-refractivity contribution in [3.63, 3.8) is 0 Å². The molecule has 0 aromatic carbocycles. The summed E-state index contributed by atoms with van der Waals surface area (Å²) in [5, 5.41) is 0. The summed E-state index contributed by atoms with van der Waals surface area (Å²) in [5.74, 6) is 0. The smallest absolute Gasteiger partial charge is 0.0785 e. The fourth-order valence-electron chi connectivity index (χ4n) is 0.595. The van der Waals surface area contributed by atoms with Crippen LogP contribution in [0, 0.1) is 0 Å². The molecule has 0 heterocycles. The molecule has 1 nitrogen and oxygen atoms in total. The van der Waals surface area contributed by atoms with Gasteiger partial charge in [-0.05, 0) is 12.8 Å². The van der Waals surface area contributed by atoms with Crippen molar-refractivity contribution in [2.24, 2.45) is 0 Å².